The molecule has 0 radical (unpaired) electrons. The Morgan fingerprint density at radius 1 is 0.974 bits per heavy atom. The summed E-state index contributed by atoms with van der Waals surface area (Å²) in [4.78, 5) is 39.5. The number of rotatable bonds is 5. The van der Waals surface area contributed by atoms with E-state index in [2.05, 4.69) is 20.8 Å². The van der Waals surface area contributed by atoms with Crippen molar-refractivity contribution in [3.63, 3.8) is 0 Å². The Bertz CT molecular complexity index is 1500. The molecular formula is C32H31NO6. The van der Waals surface area contributed by atoms with Gasteiger partial charge in [0.1, 0.15) is 17.6 Å². The Morgan fingerprint density at radius 2 is 1.64 bits per heavy atom. The number of aliphatic hydroxyl groups is 1. The Labute approximate surface area is 227 Å². The van der Waals surface area contributed by atoms with E-state index in [9.17, 15) is 19.5 Å². The maximum absolute atomic E-state index is 13.5. The van der Waals surface area contributed by atoms with Crippen molar-refractivity contribution in [1.29, 1.82) is 0 Å². The Kier molecular flexibility index (Phi) is 6.54. The van der Waals surface area contributed by atoms with Crippen molar-refractivity contribution < 1.29 is 29.3 Å². The van der Waals surface area contributed by atoms with Crippen LogP contribution in [0.4, 0.5) is 5.69 Å². The topological polar surface area (TPSA) is 104 Å². The number of carbonyl (C=O) groups excluding carboxylic acids is 2. The second-order valence-electron chi connectivity index (χ2n) is 11.2. The zero-order chi connectivity index (χ0) is 28.1. The number of carbonyl (C=O) groups is 3. The van der Waals surface area contributed by atoms with Gasteiger partial charge in [0.05, 0.1) is 18.0 Å². The van der Waals surface area contributed by atoms with E-state index in [1.165, 1.54) is 4.90 Å². The lowest BCUT2D eigenvalue weighted by Crippen LogP contribution is -2.29. The van der Waals surface area contributed by atoms with Crippen molar-refractivity contribution in [2.45, 2.75) is 58.1 Å². The number of anilines is 1. The molecule has 0 aromatic heterocycles. The second-order valence-corrected chi connectivity index (χ2v) is 11.2. The van der Waals surface area contributed by atoms with Crippen LogP contribution in [0.2, 0.25) is 0 Å². The first kappa shape index (κ1) is 26.2. The SMILES string of the molecule is CC1Cc2cc(/C(O)=C3/C(=O)C(=O)N(c4ccc(CC(=O)O)cc4)C3c3ccc(C(C)(C)C)cc3)ccc2O1. The summed E-state index contributed by atoms with van der Waals surface area (Å²) in [5.41, 5.74) is 4.06. The number of fused-ring (bicyclic) bond motifs is 1. The fourth-order valence-electron chi connectivity index (χ4n) is 5.25. The fourth-order valence-corrected chi connectivity index (χ4v) is 5.25. The van der Waals surface area contributed by atoms with Gasteiger partial charge in [0, 0.05) is 17.7 Å². The minimum Gasteiger partial charge on any atom is -0.507 e. The number of carboxylic acids is 1. The standard InChI is InChI=1S/C32H31NO6/c1-18-15-22-17-21(9-14-25(22)39-18)29(36)27-28(20-7-10-23(11-8-20)32(2,3)4)33(31(38)30(27)37)24-12-5-19(6-13-24)16-26(34)35/h5-14,17-18,28,36H,15-16H2,1-4H3,(H,34,35)/b29-27-. The van der Waals surface area contributed by atoms with Gasteiger partial charge >= 0.3 is 5.97 Å². The Hall–Kier alpha value is -4.39. The van der Waals surface area contributed by atoms with E-state index in [-0.39, 0.29) is 29.3 Å². The third-order valence-corrected chi connectivity index (χ3v) is 7.28. The highest BCUT2D eigenvalue weighted by molar-refractivity contribution is 6.51. The molecule has 3 aromatic rings. The van der Waals surface area contributed by atoms with Gasteiger partial charge in [-0.1, -0.05) is 57.2 Å². The minimum absolute atomic E-state index is 0.00466. The Balaban J connectivity index is 1.64. The molecule has 5 rings (SSSR count). The van der Waals surface area contributed by atoms with Crippen LogP contribution < -0.4 is 9.64 Å². The highest BCUT2D eigenvalue weighted by Gasteiger charge is 2.47. The van der Waals surface area contributed by atoms with E-state index in [0.717, 1.165) is 16.9 Å². The maximum Gasteiger partial charge on any atom is 0.307 e. The molecule has 0 spiro atoms. The van der Waals surface area contributed by atoms with Crippen molar-refractivity contribution in [3.8, 4) is 5.75 Å². The molecule has 1 amide bonds. The summed E-state index contributed by atoms with van der Waals surface area (Å²) in [5.74, 6) is -2.00. The summed E-state index contributed by atoms with van der Waals surface area (Å²) in [5, 5.41) is 20.6. The number of aliphatic carboxylic acids is 1. The first-order valence-corrected chi connectivity index (χ1v) is 13.0. The van der Waals surface area contributed by atoms with E-state index in [1.54, 1.807) is 36.4 Å². The molecule has 2 aliphatic heterocycles. The Morgan fingerprint density at radius 3 is 2.26 bits per heavy atom. The average molecular weight is 526 g/mol. The molecule has 2 N–H and O–H groups in total. The number of aliphatic hydroxyl groups excluding tert-OH is 1. The number of benzene rings is 3. The van der Waals surface area contributed by atoms with E-state index < -0.39 is 23.7 Å². The van der Waals surface area contributed by atoms with Crippen LogP contribution in [0.1, 0.15) is 61.6 Å². The summed E-state index contributed by atoms with van der Waals surface area (Å²) in [7, 11) is 0. The van der Waals surface area contributed by atoms with E-state index >= 15 is 0 Å². The van der Waals surface area contributed by atoms with Gasteiger partial charge in [0.2, 0.25) is 0 Å². The van der Waals surface area contributed by atoms with Crippen LogP contribution in [0.5, 0.6) is 5.75 Å². The predicted octanol–water partition coefficient (Wildman–Crippen LogP) is 5.56. The van der Waals surface area contributed by atoms with Crippen LogP contribution in [-0.2, 0) is 32.6 Å². The van der Waals surface area contributed by atoms with Crippen molar-refractivity contribution in [3.05, 3.63) is 100 Å². The molecule has 7 nitrogen and oxygen atoms in total. The van der Waals surface area contributed by atoms with Gasteiger partial charge in [-0.3, -0.25) is 19.3 Å². The van der Waals surface area contributed by atoms with Crippen LogP contribution in [0.15, 0.2) is 72.3 Å². The van der Waals surface area contributed by atoms with E-state index in [0.29, 0.717) is 28.8 Å². The van der Waals surface area contributed by atoms with Gasteiger partial charge in [-0.25, -0.2) is 0 Å². The molecule has 1 saturated heterocycles. The quantitative estimate of drug-likeness (QED) is 0.257. The highest BCUT2D eigenvalue weighted by Crippen LogP contribution is 2.43. The third kappa shape index (κ3) is 4.92. The van der Waals surface area contributed by atoms with Crippen molar-refractivity contribution in [1.82, 2.24) is 0 Å². The maximum atomic E-state index is 13.5. The zero-order valence-electron chi connectivity index (χ0n) is 22.4. The van der Waals surface area contributed by atoms with E-state index in [1.807, 2.05) is 37.3 Å². The summed E-state index contributed by atoms with van der Waals surface area (Å²) < 4.78 is 5.78. The number of ketones is 1. The number of hydrogen-bond acceptors (Lipinski definition) is 5. The summed E-state index contributed by atoms with van der Waals surface area (Å²) >= 11 is 0. The first-order valence-electron chi connectivity index (χ1n) is 13.0. The average Bonchev–Trinajstić information content (AvgIpc) is 3.38. The minimum atomic E-state index is -0.962. The fraction of sp³-hybridized carbons (Fsp3) is 0.281. The highest BCUT2D eigenvalue weighted by atomic mass is 16.5. The van der Waals surface area contributed by atoms with Crippen LogP contribution in [0.25, 0.3) is 5.76 Å². The van der Waals surface area contributed by atoms with Crippen molar-refractivity contribution in [2.24, 2.45) is 0 Å². The normalized spacial score (nSPS) is 20.2. The molecule has 0 aliphatic carbocycles. The van der Waals surface area contributed by atoms with Crippen LogP contribution in [0.3, 0.4) is 0 Å². The molecule has 2 heterocycles. The molecule has 3 aromatic carbocycles. The van der Waals surface area contributed by atoms with Gasteiger partial charge in [-0.2, -0.15) is 0 Å². The van der Waals surface area contributed by atoms with Gasteiger partial charge in [-0.15, -0.1) is 0 Å². The van der Waals surface area contributed by atoms with Crippen LogP contribution in [-0.4, -0.2) is 34.0 Å². The zero-order valence-corrected chi connectivity index (χ0v) is 22.4. The van der Waals surface area contributed by atoms with E-state index in [4.69, 9.17) is 9.84 Å². The second kappa shape index (κ2) is 9.73. The van der Waals surface area contributed by atoms with Gasteiger partial charge in [0.25, 0.3) is 11.7 Å². The molecule has 39 heavy (non-hydrogen) atoms. The number of Topliss-reactive ketones (excluding diaryl/α,β-unsaturated/α-hetero) is 1. The number of ether oxygens (including phenoxy) is 1. The molecular weight excluding hydrogens is 494 g/mol. The molecule has 1 fully saturated rings. The van der Waals surface area contributed by atoms with Crippen LogP contribution >= 0.6 is 0 Å². The lowest BCUT2D eigenvalue weighted by atomic mass is 9.85. The molecule has 2 atom stereocenters. The smallest absolute Gasteiger partial charge is 0.307 e. The van der Waals surface area contributed by atoms with Crippen LogP contribution in [0, 0.1) is 0 Å². The summed E-state index contributed by atoms with van der Waals surface area (Å²) in [6, 6.07) is 18.6. The predicted molar refractivity (Wildman–Crippen MR) is 148 cm³/mol. The third-order valence-electron chi connectivity index (χ3n) is 7.28. The molecule has 7 heteroatoms. The summed E-state index contributed by atoms with van der Waals surface area (Å²) in [6.45, 7) is 8.27. The number of hydrogen-bond donors (Lipinski definition) is 2. The molecule has 0 saturated carbocycles. The summed E-state index contributed by atoms with van der Waals surface area (Å²) in [6.07, 6.45) is 0.552. The molecule has 200 valence electrons. The number of carboxylic acid groups (broad SMARTS) is 1. The lowest BCUT2D eigenvalue weighted by molar-refractivity contribution is -0.136. The molecule has 0 bridgehead atoms. The van der Waals surface area contributed by atoms with Crippen molar-refractivity contribution >= 4 is 29.1 Å². The largest absolute Gasteiger partial charge is 0.507 e. The monoisotopic (exact) mass is 525 g/mol. The van der Waals surface area contributed by atoms with Gasteiger partial charge < -0.3 is 14.9 Å². The number of nitrogens with zero attached hydrogens (tertiary/aromatic N) is 1. The van der Waals surface area contributed by atoms with Gasteiger partial charge in [-0.05, 0) is 64.9 Å². The first-order chi connectivity index (χ1) is 18.4. The molecule has 2 unspecified atom stereocenters. The van der Waals surface area contributed by atoms with Gasteiger partial charge in [0.15, 0.2) is 0 Å². The number of amides is 1. The lowest BCUT2D eigenvalue weighted by Gasteiger charge is -2.27. The van der Waals surface area contributed by atoms with Crippen molar-refractivity contribution in [2.75, 3.05) is 4.90 Å². The molecule has 2 aliphatic rings.